The minimum Gasteiger partial charge on any atom is -0.480 e. The second kappa shape index (κ2) is 5.40. The molecule has 1 aromatic rings. The predicted molar refractivity (Wildman–Crippen MR) is 71.8 cm³/mol. The van der Waals surface area contributed by atoms with Crippen molar-refractivity contribution in [2.75, 3.05) is 36.6 Å². The Morgan fingerprint density at radius 3 is 2.89 bits per heavy atom. The number of ether oxygens (including phenoxy) is 1. The average molecular weight is 336 g/mol. The maximum Gasteiger partial charge on any atom is 0.232 e. The minimum absolute atomic E-state index is 0.148. The van der Waals surface area contributed by atoms with Crippen molar-refractivity contribution >= 4 is 31.7 Å². The highest BCUT2D eigenvalue weighted by Gasteiger charge is 2.21. The van der Waals surface area contributed by atoms with Gasteiger partial charge < -0.3 is 9.64 Å². The SMILES string of the molecule is COc1nc(N2CCCS(=O)(=O)CC2)ncc1Br. The summed E-state index contributed by atoms with van der Waals surface area (Å²) in [6.07, 6.45) is 2.21. The van der Waals surface area contributed by atoms with Gasteiger partial charge in [0.25, 0.3) is 0 Å². The van der Waals surface area contributed by atoms with E-state index in [1.54, 1.807) is 6.20 Å². The first kappa shape index (κ1) is 13.5. The second-order valence-corrected chi connectivity index (χ2v) is 7.18. The molecule has 0 N–H and O–H groups in total. The van der Waals surface area contributed by atoms with Crippen LogP contribution in [-0.4, -0.2) is 50.1 Å². The van der Waals surface area contributed by atoms with Gasteiger partial charge in [0.15, 0.2) is 9.84 Å². The summed E-state index contributed by atoms with van der Waals surface area (Å²) in [6.45, 7) is 1.07. The number of anilines is 1. The summed E-state index contributed by atoms with van der Waals surface area (Å²) in [6, 6.07) is 0. The van der Waals surface area contributed by atoms with E-state index in [1.165, 1.54) is 7.11 Å². The van der Waals surface area contributed by atoms with E-state index in [1.807, 2.05) is 4.90 Å². The van der Waals surface area contributed by atoms with Crippen molar-refractivity contribution in [1.82, 2.24) is 9.97 Å². The molecule has 6 nitrogen and oxygen atoms in total. The second-order valence-electron chi connectivity index (χ2n) is 4.02. The van der Waals surface area contributed by atoms with Crippen LogP contribution in [0.15, 0.2) is 10.7 Å². The van der Waals surface area contributed by atoms with Crippen LogP contribution < -0.4 is 9.64 Å². The van der Waals surface area contributed by atoms with E-state index in [0.717, 1.165) is 0 Å². The first-order valence-electron chi connectivity index (χ1n) is 5.54. The highest BCUT2D eigenvalue weighted by atomic mass is 79.9. The standard InChI is InChI=1S/C10H14BrN3O3S/c1-17-9-8(11)7-12-10(13-9)14-3-2-5-18(15,16)6-4-14/h7H,2-6H2,1H3. The number of rotatable bonds is 2. The van der Waals surface area contributed by atoms with E-state index >= 15 is 0 Å². The molecule has 0 saturated carbocycles. The fourth-order valence-electron chi connectivity index (χ4n) is 1.78. The van der Waals surface area contributed by atoms with Gasteiger partial charge in [0.2, 0.25) is 11.8 Å². The van der Waals surface area contributed by atoms with Crippen molar-refractivity contribution in [3.63, 3.8) is 0 Å². The summed E-state index contributed by atoms with van der Waals surface area (Å²) in [7, 11) is -1.39. The van der Waals surface area contributed by atoms with E-state index in [0.29, 0.717) is 35.8 Å². The van der Waals surface area contributed by atoms with E-state index in [-0.39, 0.29) is 11.5 Å². The zero-order chi connectivity index (χ0) is 13.2. The molecule has 2 rings (SSSR count). The maximum absolute atomic E-state index is 11.5. The zero-order valence-electron chi connectivity index (χ0n) is 9.97. The molecule has 0 unspecified atom stereocenters. The molecule has 0 spiro atoms. The molecule has 1 saturated heterocycles. The van der Waals surface area contributed by atoms with Crippen LogP contribution in [0.3, 0.4) is 0 Å². The van der Waals surface area contributed by atoms with Crippen LogP contribution in [-0.2, 0) is 9.84 Å². The molecular formula is C10H14BrN3O3S. The molecule has 0 bridgehead atoms. The summed E-state index contributed by atoms with van der Waals surface area (Å²) in [4.78, 5) is 10.3. The molecule has 0 amide bonds. The third-order valence-electron chi connectivity index (χ3n) is 2.73. The fourth-order valence-corrected chi connectivity index (χ4v) is 3.40. The van der Waals surface area contributed by atoms with Crippen LogP contribution in [0.2, 0.25) is 0 Å². The molecule has 2 heterocycles. The molecular weight excluding hydrogens is 322 g/mol. The van der Waals surface area contributed by atoms with Gasteiger partial charge in [-0.2, -0.15) is 4.98 Å². The Morgan fingerprint density at radius 1 is 1.39 bits per heavy atom. The normalized spacial score (nSPS) is 19.3. The molecule has 8 heteroatoms. The number of sulfone groups is 1. The highest BCUT2D eigenvalue weighted by Crippen LogP contribution is 2.23. The van der Waals surface area contributed by atoms with Gasteiger partial charge in [-0.05, 0) is 22.4 Å². The largest absolute Gasteiger partial charge is 0.480 e. The minimum atomic E-state index is -2.92. The fraction of sp³-hybridized carbons (Fsp3) is 0.600. The molecule has 100 valence electrons. The van der Waals surface area contributed by atoms with Crippen LogP contribution in [0.4, 0.5) is 5.95 Å². The van der Waals surface area contributed by atoms with Crippen LogP contribution >= 0.6 is 15.9 Å². The quantitative estimate of drug-likeness (QED) is 0.798. The van der Waals surface area contributed by atoms with E-state index in [2.05, 4.69) is 25.9 Å². The number of aromatic nitrogens is 2. The molecule has 1 aromatic heterocycles. The number of nitrogens with zero attached hydrogens (tertiary/aromatic N) is 3. The van der Waals surface area contributed by atoms with Gasteiger partial charge in [0, 0.05) is 13.1 Å². The van der Waals surface area contributed by atoms with Gasteiger partial charge in [0.1, 0.15) is 0 Å². The van der Waals surface area contributed by atoms with Gasteiger partial charge in [0.05, 0.1) is 29.3 Å². The average Bonchev–Trinajstić information content (AvgIpc) is 2.51. The summed E-state index contributed by atoms with van der Waals surface area (Å²) in [5, 5.41) is 0. The van der Waals surface area contributed by atoms with Crippen LogP contribution in [0.1, 0.15) is 6.42 Å². The third kappa shape index (κ3) is 3.11. The number of methoxy groups -OCH3 is 1. The zero-order valence-corrected chi connectivity index (χ0v) is 12.4. The van der Waals surface area contributed by atoms with Crippen molar-refractivity contribution in [3.05, 3.63) is 10.7 Å². The summed E-state index contributed by atoms with van der Waals surface area (Å²) in [5.74, 6) is 1.34. The molecule has 1 aliphatic rings. The van der Waals surface area contributed by atoms with E-state index in [4.69, 9.17) is 4.74 Å². The van der Waals surface area contributed by atoms with Crippen LogP contribution in [0.5, 0.6) is 5.88 Å². The highest BCUT2D eigenvalue weighted by molar-refractivity contribution is 9.10. The van der Waals surface area contributed by atoms with Crippen LogP contribution in [0, 0.1) is 0 Å². The Morgan fingerprint density at radius 2 is 2.17 bits per heavy atom. The smallest absolute Gasteiger partial charge is 0.232 e. The number of hydrogen-bond acceptors (Lipinski definition) is 6. The summed E-state index contributed by atoms with van der Waals surface area (Å²) in [5.41, 5.74) is 0. The number of hydrogen-bond donors (Lipinski definition) is 0. The molecule has 18 heavy (non-hydrogen) atoms. The van der Waals surface area contributed by atoms with Crippen molar-refractivity contribution in [2.24, 2.45) is 0 Å². The molecule has 1 aliphatic heterocycles. The molecule has 0 radical (unpaired) electrons. The van der Waals surface area contributed by atoms with Gasteiger partial charge >= 0.3 is 0 Å². The lowest BCUT2D eigenvalue weighted by molar-refractivity contribution is 0.393. The van der Waals surface area contributed by atoms with Crippen molar-refractivity contribution in [3.8, 4) is 5.88 Å². The lowest BCUT2D eigenvalue weighted by atomic mass is 10.4. The Labute approximate surface area is 114 Å². The van der Waals surface area contributed by atoms with Crippen LogP contribution in [0.25, 0.3) is 0 Å². The lowest BCUT2D eigenvalue weighted by Gasteiger charge is -2.19. The molecule has 1 fully saturated rings. The van der Waals surface area contributed by atoms with Gasteiger partial charge in [-0.1, -0.05) is 0 Å². The Balaban J connectivity index is 2.21. The molecule has 0 aliphatic carbocycles. The number of halogens is 1. The maximum atomic E-state index is 11.5. The molecule has 0 aromatic carbocycles. The Bertz CT molecular complexity index is 535. The first-order chi connectivity index (χ1) is 8.52. The van der Waals surface area contributed by atoms with E-state index in [9.17, 15) is 8.42 Å². The Hall–Kier alpha value is -0.890. The van der Waals surface area contributed by atoms with Gasteiger partial charge in [-0.25, -0.2) is 13.4 Å². The molecule has 0 atom stereocenters. The summed E-state index contributed by atoms with van der Waals surface area (Å²) < 4.78 is 28.8. The monoisotopic (exact) mass is 335 g/mol. The van der Waals surface area contributed by atoms with Gasteiger partial charge in [-0.3, -0.25) is 0 Å². The van der Waals surface area contributed by atoms with Crippen molar-refractivity contribution in [2.45, 2.75) is 6.42 Å². The Kier molecular flexibility index (Phi) is 4.06. The third-order valence-corrected chi connectivity index (χ3v) is 4.99. The van der Waals surface area contributed by atoms with Crippen molar-refractivity contribution in [1.29, 1.82) is 0 Å². The van der Waals surface area contributed by atoms with Crippen molar-refractivity contribution < 1.29 is 13.2 Å². The predicted octanol–water partition coefficient (Wildman–Crippen LogP) is 0.873. The van der Waals surface area contributed by atoms with E-state index < -0.39 is 9.84 Å². The lowest BCUT2D eigenvalue weighted by Crippen LogP contribution is -2.28. The summed E-state index contributed by atoms with van der Waals surface area (Å²) >= 11 is 3.28. The van der Waals surface area contributed by atoms with Gasteiger partial charge in [-0.15, -0.1) is 0 Å². The first-order valence-corrected chi connectivity index (χ1v) is 8.15. The topological polar surface area (TPSA) is 72.4 Å².